The van der Waals surface area contributed by atoms with Gasteiger partial charge in [0.05, 0.1) is 11.7 Å². The maximum absolute atomic E-state index is 12.6. The summed E-state index contributed by atoms with van der Waals surface area (Å²) in [5.74, 6) is -4.01. The Kier molecular flexibility index (Phi) is 7.87. The number of ether oxygens (including phenoxy) is 1. The molecule has 2 atom stereocenters. The number of anilines is 1. The van der Waals surface area contributed by atoms with Gasteiger partial charge in [-0.05, 0) is 0 Å². The number of rotatable bonds is 6. The molecule has 3 N–H and O–H groups in total. The summed E-state index contributed by atoms with van der Waals surface area (Å²) < 4.78 is 4.88. The first-order valence-corrected chi connectivity index (χ1v) is 9.88. The molecule has 0 bridgehead atoms. The maximum atomic E-state index is 12.6. The van der Waals surface area contributed by atoms with Gasteiger partial charge in [0, 0.05) is 12.3 Å². The Morgan fingerprint density at radius 2 is 2.13 bits per heavy atom. The van der Waals surface area contributed by atoms with Crippen LogP contribution in [0.5, 0.6) is 0 Å². The smallest absolute Gasteiger partial charge is 0.543 e. The van der Waals surface area contributed by atoms with E-state index >= 15 is 0 Å². The van der Waals surface area contributed by atoms with Crippen molar-refractivity contribution in [2.45, 2.75) is 18.3 Å². The largest absolute Gasteiger partial charge is 1.00 e. The van der Waals surface area contributed by atoms with Crippen molar-refractivity contribution in [3.8, 4) is 0 Å². The van der Waals surface area contributed by atoms with Crippen molar-refractivity contribution in [3.63, 3.8) is 0 Å². The molecule has 1 unspecified atom stereocenters. The van der Waals surface area contributed by atoms with E-state index in [-0.39, 0.29) is 57.6 Å². The average molecular weight is 463 g/mol. The molecule has 2 aliphatic heterocycles. The zero-order valence-corrected chi connectivity index (χ0v) is 19.7. The minimum Gasteiger partial charge on any atom is -0.543 e. The summed E-state index contributed by atoms with van der Waals surface area (Å²) in [6.07, 6.45) is 0. The van der Waals surface area contributed by atoms with Gasteiger partial charge in [-0.25, -0.2) is 4.98 Å². The number of aliphatic carboxylic acids is 1. The van der Waals surface area contributed by atoms with Crippen molar-refractivity contribution in [1.82, 2.24) is 15.2 Å². The van der Waals surface area contributed by atoms with Crippen molar-refractivity contribution in [3.05, 3.63) is 22.5 Å². The maximum Gasteiger partial charge on any atom is 1.00 e. The number of thiazole rings is 1. The Bertz CT molecular complexity index is 963. The third-order valence-corrected chi connectivity index (χ3v) is 5.77. The number of nitrogens with one attached hydrogen (secondary N) is 1. The van der Waals surface area contributed by atoms with Crippen molar-refractivity contribution >= 4 is 57.7 Å². The van der Waals surface area contributed by atoms with Crippen LogP contribution in [0.4, 0.5) is 5.13 Å². The number of oxime groups is 1. The van der Waals surface area contributed by atoms with E-state index in [1.807, 2.05) is 0 Å². The number of hydrogen-bond donors (Lipinski definition) is 2. The number of esters is 1. The molecule has 30 heavy (non-hydrogen) atoms. The summed E-state index contributed by atoms with van der Waals surface area (Å²) in [4.78, 5) is 57.3. The van der Waals surface area contributed by atoms with Crippen LogP contribution < -0.4 is 45.7 Å². The molecule has 3 heterocycles. The average Bonchev–Trinajstić information content (AvgIpc) is 3.08. The number of amides is 2. The second kappa shape index (κ2) is 9.78. The van der Waals surface area contributed by atoms with Crippen LogP contribution in [0.2, 0.25) is 0 Å². The van der Waals surface area contributed by atoms with Gasteiger partial charge >= 0.3 is 35.5 Å². The molecule has 1 saturated heterocycles. The summed E-state index contributed by atoms with van der Waals surface area (Å²) in [5.41, 5.74) is 5.01. The third kappa shape index (κ3) is 4.62. The quantitative estimate of drug-likeness (QED) is 0.137. The van der Waals surface area contributed by atoms with Gasteiger partial charge in [-0.15, -0.1) is 23.1 Å². The second-order valence-corrected chi connectivity index (χ2v) is 7.70. The van der Waals surface area contributed by atoms with Crippen molar-refractivity contribution in [2.24, 2.45) is 5.16 Å². The zero-order valence-electron chi connectivity index (χ0n) is 16.0. The van der Waals surface area contributed by atoms with Gasteiger partial charge in [-0.1, -0.05) is 5.16 Å². The van der Waals surface area contributed by atoms with E-state index in [9.17, 15) is 24.3 Å². The number of carboxylic acid groups (broad SMARTS) is 1. The molecule has 0 radical (unpaired) electrons. The molecule has 2 aliphatic rings. The van der Waals surface area contributed by atoms with E-state index < -0.39 is 40.9 Å². The number of nitrogens with two attached hydrogens (primary N) is 1. The molecule has 15 heteroatoms. The van der Waals surface area contributed by atoms with Crippen LogP contribution in [0.3, 0.4) is 0 Å². The van der Waals surface area contributed by atoms with E-state index in [1.165, 1.54) is 12.5 Å². The number of carbonyl (C=O) groups excluding carboxylic acids is 4. The molecule has 2 amide bonds. The third-order valence-electron chi connectivity index (χ3n) is 3.84. The van der Waals surface area contributed by atoms with E-state index in [4.69, 9.17) is 10.5 Å². The fourth-order valence-electron chi connectivity index (χ4n) is 2.73. The molecular formula is C15H14N5NaO7S2. The van der Waals surface area contributed by atoms with Crippen molar-refractivity contribution in [1.29, 1.82) is 0 Å². The van der Waals surface area contributed by atoms with Gasteiger partial charge in [-0.2, -0.15) is 0 Å². The predicted molar refractivity (Wildman–Crippen MR) is 98.9 cm³/mol. The molecule has 1 fully saturated rings. The number of nitrogens with zero attached hydrogens (tertiary/aromatic N) is 3. The molecule has 12 nitrogen and oxygen atoms in total. The van der Waals surface area contributed by atoms with Gasteiger partial charge in [0.15, 0.2) is 10.8 Å². The summed E-state index contributed by atoms with van der Waals surface area (Å²) in [5, 5.41) is 18.6. The number of carbonyl (C=O) groups is 4. The summed E-state index contributed by atoms with van der Waals surface area (Å²) >= 11 is 2.22. The molecule has 0 aliphatic carbocycles. The SMILES string of the molecule is CON=C(C(=O)NC1C(=O)N2C(C(=O)[O-])=C(OC(C)=O)CS[C@@H]12)c1csc(N)n1.[Na+]. The summed E-state index contributed by atoms with van der Waals surface area (Å²) in [6.45, 7) is 1.11. The van der Waals surface area contributed by atoms with Crippen LogP contribution in [0, 0.1) is 0 Å². The molecule has 154 valence electrons. The Hall–Kier alpha value is -2.13. The van der Waals surface area contributed by atoms with E-state index in [0.717, 1.165) is 34.9 Å². The Morgan fingerprint density at radius 3 is 2.67 bits per heavy atom. The van der Waals surface area contributed by atoms with Crippen LogP contribution in [-0.2, 0) is 28.8 Å². The number of aromatic nitrogens is 1. The Balaban J connectivity index is 0.00000320. The van der Waals surface area contributed by atoms with Crippen LogP contribution in [0.15, 0.2) is 22.0 Å². The minimum absolute atomic E-state index is 0. The van der Waals surface area contributed by atoms with E-state index in [1.54, 1.807) is 0 Å². The predicted octanol–water partition coefficient (Wildman–Crippen LogP) is -5.00. The summed E-state index contributed by atoms with van der Waals surface area (Å²) in [6, 6.07) is -1.03. The molecule has 0 aromatic carbocycles. The van der Waals surface area contributed by atoms with Crippen molar-refractivity contribution < 1.29 is 63.4 Å². The van der Waals surface area contributed by atoms with Gasteiger partial charge in [0.2, 0.25) is 0 Å². The molecule has 0 spiro atoms. The van der Waals surface area contributed by atoms with E-state index in [0.29, 0.717) is 0 Å². The van der Waals surface area contributed by atoms with Crippen LogP contribution >= 0.6 is 23.1 Å². The first kappa shape index (κ1) is 24.1. The van der Waals surface area contributed by atoms with Crippen LogP contribution in [0.1, 0.15) is 12.6 Å². The van der Waals surface area contributed by atoms with Gasteiger partial charge < -0.3 is 30.5 Å². The molecule has 1 aromatic heterocycles. The second-order valence-electron chi connectivity index (χ2n) is 5.71. The first-order chi connectivity index (χ1) is 13.7. The number of β-lactam (4-membered cyclic amide) rings is 1. The Morgan fingerprint density at radius 1 is 1.43 bits per heavy atom. The van der Waals surface area contributed by atoms with Crippen LogP contribution in [0.25, 0.3) is 0 Å². The fraction of sp³-hybridized carbons (Fsp3) is 0.333. The van der Waals surface area contributed by atoms with Crippen molar-refractivity contribution in [2.75, 3.05) is 18.6 Å². The minimum atomic E-state index is -1.66. The zero-order chi connectivity index (χ0) is 21.3. The van der Waals surface area contributed by atoms with Gasteiger partial charge in [-0.3, -0.25) is 19.3 Å². The van der Waals surface area contributed by atoms with Gasteiger partial charge in [0.25, 0.3) is 11.8 Å². The topological polar surface area (TPSA) is 176 Å². The number of nitrogen functional groups attached to an aromatic ring is 1. The number of carboxylic acids is 1. The molecular weight excluding hydrogens is 449 g/mol. The molecule has 1 aromatic rings. The Labute approximate surface area is 200 Å². The van der Waals surface area contributed by atoms with E-state index in [2.05, 4.69) is 20.3 Å². The first-order valence-electron chi connectivity index (χ1n) is 7.95. The van der Waals surface area contributed by atoms with Gasteiger partial charge in [0.1, 0.15) is 35.7 Å². The standard InChI is InChI=1S/C15H15N5O7S2.Na/c1-5(21)27-7-4-28-13-9(12(23)20(13)10(7)14(24)25)18-11(22)8(19-26-2)6-3-29-15(16)17-6;/h3,9,13H,4H2,1-2H3,(H2,16,17)(H,18,22)(H,24,25);/q;+1/p-1/t9?,13-;/m0./s1. The number of thioether (sulfide) groups is 1. The fourth-order valence-corrected chi connectivity index (χ4v) is 4.54. The monoisotopic (exact) mass is 463 g/mol. The summed E-state index contributed by atoms with van der Waals surface area (Å²) in [7, 11) is 1.24. The number of hydrogen-bond acceptors (Lipinski definition) is 12. The number of fused-ring (bicyclic) bond motifs is 1. The van der Waals surface area contributed by atoms with Crippen LogP contribution in [-0.4, -0.2) is 63.6 Å². The normalized spacial score (nSPS) is 20.5. The molecule has 3 rings (SSSR count). The molecule has 0 saturated carbocycles.